The van der Waals surface area contributed by atoms with Gasteiger partial charge in [-0.05, 0) is 19.1 Å². The molecule has 1 rings (SSSR count). The minimum atomic E-state index is -1.09. The number of benzene rings is 1. The number of hydrogen-bond acceptors (Lipinski definition) is 3. The zero-order valence-electron chi connectivity index (χ0n) is 6.85. The summed E-state index contributed by atoms with van der Waals surface area (Å²) in [5, 5.41) is 18.9. The van der Waals surface area contributed by atoms with Crippen LogP contribution in [0.25, 0.3) is 0 Å². The summed E-state index contributed by atoms with van der Waals surface area (Å²) in [6, 6.07) is 3.69. The van der Waals surface area contributed by atoms with Gasteiger partial charge in [-0.2, -0.15) is 0 Å². The van der Waals surface area contributed by atoms with E-state index in [9.17, 15) is 14.9 Å². The van der Waals surface area contributed by atoms with Crippen molar-refractivity contribution < 1.29 is 14.8 Å². The fourth-order valence-corrected chi connectivity index (χ4v) is 0.993. The second-order valence-corrected chi connectivity index (χ2v) is 2.56. The zero-order valence-corrected chi connectivity index (χ0v) is 6.85. The molecule has 0 fully saturated rings. The maximum atomic E-state index is 10.5. The van der Waals surface area contributed by atoms with E-state index in [0.29, 0.717) is 5.56 Å². The van der Waals surface area contributed by atoms with Gasteiger partial charge in [0.15, 0.2) is 0 Å². The first-order valence-corrected chi connectivity index (χ1v) is 3.50. The molecule has 0 saturated heterocycles. The number of aromatic carboxylic acids is 1. The van der Waals surface area contributed by atoms with Crippen molar-refractivity contribution in [1.29, 1.82) is 0 Å². The first kappa shape index (κ1) is 13.1. The number of nitro groups is 1. The summed E-state index contributed by atoms with van der Waals surface area (Å²) >= 11 is 0. The quantitative estimate of drug-likeness (QED) is 0.442. The molecular formula is C8H8NNaO4. The van der Waals surface area contributed by atoms with Gasteiger partial charge in [-0.15, -0.1) is 0 Å². The molecule has 0 unspecified atom stereocenters. The molecule has 70 valence electrons. The molecule has 1 aromatic rings. The summed E-state index contributed by atoms with van der Waals surface area (Å²) < 4.78 is 0. The summed E-state index contributed by atoms with van der Waals surface area (Å²) in [4.78, 5) is 20.3. The van der Waals surface area contributed by atoms with Crippen LogP contribution >= 0.6 is 0 Å². The number of nitrogens with zero attached hydrogens (tertiary/aromatic N) is 1. The van der Waals surface area contributed by atoms with Crippen LogP contribution in [0, 0.1) is 17.0 Å². The van der Waals surface area contributed by atoms with Crippen molar-refractivity contribution in [3.63, 3.8) is 0 Å². The summed E-state index contributed by atoms with van der Waals surface area (Å²) in [6.07, 6.45) is 0. The predicted octanol–water partition coefficient (Wildman–Crippen LogP) is 0.953. The van der Waals surface area contributed by atoms with E-state index in [1.165, 1.54) is 25.1 Å². The topological polar surface area (TPSA) is 80.4 Å². The van der Waals surface area contributed by atoms with Crippen molar-refractivity contribution in [2.45, 2.75) is 6.92 Å². The number of nitro benzene ring substituents is 1. The summed E-state index contributed by atoms with van der Waals surface area (Å²) in [6.45, 7) is 1.50. The maximum absolute atomic E-state index is 10.5. The van der Waals surface area contributed by atoms with E-state index in [1.807, 2.05) is 0 Å². The summed E-state index contributed by atoms with van der Waals surface area (Å²) in [5.41, 5.74) is 0.345. The average Bonchev–Trinajstić information content (AvgIpc) is 2.03. The third-order valence-electron chi connectivity index (χ3n) is 1.64. The van der Waals surface area contributed by atoms with Crippen LogP contribution in [0.2, 0.25) is 0 Å². The fourth-order valence-electron chi connectivity index (χ4n) is 0.993. The summed E-state index contributed by atoms with van der Waals surface area (Å²) in [7, 11) is 0. The Hall–Kier alpha value is -0.910. The monoisotopic (exact) mass is 205 g/mol. The van der Waals surface area contributed by atoms with Crippen molar-refractivity contribution in [3.05, 3.63) is 39.4 Å². The van der Waals surface area contributed by atoms with Crippen LogP contribution in [0.4, 0.5) is 5.69 Å². The molecule has 0 saturated carbocycles. The van der Waals surface area contributed by atoms with Crippen molar-refractivity contribution in [2.75, 3.05) is 0 Å². The molecule has 0 aliphatic heterocycles. The molecule has 1 N–H and O–H groups in total. The van der Waals surface area contributed by atoms with Gasteiger partial charge in [0.2, 0.25) is 0 Å². The van der Waals surface area contributed by atoms with Crippen molar-refractivity contribution >= 4 is 41.2 Å². The number of rotatable bonds is 2. The Kier molecular flexibility index (Phi) is 4.76. The molecule has 0 amide bonds. The van der Waals surface area contributed by atoms with Crippen molar-refractivity contribution in [3.8, 4) is 0 Å². The number of hydrogen-bond donors (Lipinski definition) is 1. The van der Waals surface area contributed by atoms with Gasteiger partial charge < -0.3 is 5.11 Å². The van der Waals surface area contributed by atoms with Gasteiger partial charge in [0.1, 0.15) is 0 Å². The molecule has 0 heterocycles. The van der Waals surface area contributed by atoms with Crippen molar-refractivity contribution in [2.24, 2.45) is 0 Å². The number of aryl methyl sites for hydroxylation is 1. The van der Waals surface area contributed by atoms with Crippen LogP contribution in [0.15, 0.2) is 18.2 Å². The van der Waals surface area contributed by atoms with Gasteiger partial charge in [-0.25, -0.2) is 4.79 Å². The molecule has 0 aliphatic carbocycles. The van der Waals surface area contributed by atoms with Gasteiger partial charge in [0.25, 0.3) is 5.69 Å². The molecule has 0 radical (unpaired) electrons. The number of carbonyl (C=O) groups is 1. The fraction of sp³-hybridized carbons (Fsp3) is 0.125. The standard InChI is InChI=1S/C8H7NO4.Na.H/c1-5-4-6(8(10)11)2-3-7(5)9(12)13;;/h2-4H,1H3,(H,10,11);;. The Morgan fingerprint density at radius 1 is 1.50 bits per heavy atom. The van der Waals surface area contributed by atoms with Gasteiger partial charge in [-0.3, -0.25) is 10.1 Å². The van der Waals surface area contributed by atoms with Gasteiger partial charge in [0.05, 0.1) is 10.5 Å². The van der Waals surface area contributed by atoms with E-state index in [4.69, 9.17) is 5.11 Å². The predicted molar refractivity (Wildman–Crippen MR) is 51.9 cm³/mol. The van der Waals surface area contributed by atoms with E-state index in [1.54, 1.807) is 0 Å². The Bertz CT molecular complexity index is 378. The zero-order chi connectivity index (χ0) is 10.0. The first-order valence-electron chi connectivity index (χ1n) is 3.50. The van der Waals surface area contributed by atoms with Gasteiger partial charge >= 0.3 is 35.5 Å². The Morgan fingerprint density at radius 3 is 2.43 bits per heavy atom. The number of carboxylic acids is 1. The molecule has 14 heavy (non-hydrogen) atoms. The van der Waals surface area contributed by atoms with Crippen LogP contribution in [0.5, 0.6) is 0 Å². The Morgan fingerprint density at radius 2 is 2.07 bits per heavy atom. The molecule has 0 atom stereocenters. The molecule has 0 aliphatic rings. The van der Waals surface area contributed by atoms with Crippen LogP contribution in [0.3, 0.4) is 0 Å². The van der Waals surface area contributed by atoms with E-state index < -0.39 is 10.9 Å². The van der Waals surface area contributed by atoms with Gasteiger partial charge in [-0.1, -0.05) is 0 Å². The second-order valence-electron chi connectivity index (χ2n) is 2.56. The molecular weight excluding hydrogens is 197 g/mol. The molecule has 0 bridgehead atoms. The second kappa shape index (κ2) is 5.09. The van der Waals surface area contributed by atoms with Crippen LogP contribution in [-0.2, 0) is 0 Å². The van der Waals surface area contributed by atoms with Gasteiger partial charge in [0, 0.05) is 11.6 Å². The first-order chi connectivity index (χ1) is 6.02. The number of carboxylic acid groups (broad SMARTS) is 1. The summed E-state index contributed by atoms with van der Waals surface area (Å²) in [5.74, 6) is -1.09. The Balaban J connectivity index is 0.00000169. The molecule has 1 aromatic carbocycles. The van der Waals surface area contributed by atoms with E-state index in [-0.39, 0.29) is 40.8 Å². The van der Waals surface area contributed by atoms with Crippen LogP contribution < -0.4 is 0 Å². The molecule has 6 heteroatoms. The van der Waals surface area contributed by atoms with Crippen LogP contribution in [0.1, 0.15) is 15.9 Å². The molecule has 0 aromatic heterocycles. The van der Waals surface area contributed by atoms with E-state index in [0.717, 1.165) is 0 Å². The normalized spacial score (nSPS) is 8.93. The minimum absolute atomic E-state index is 0. The van der Waals surface area contributed by atoms with Crippen molar-refractivity contribution in [1.82, 2.24) is 0 Å². The van der Waals surface area contributed by atoms with E-state index in [2.05, 4.69) is 0 Å². The van der Waals surface area contributed by atoms with Crippen LogP contribution in [-0.4, -0.2) is 45.6 Å². The van der Waals surface area contributed by atoms with E-state index >= 15 is 0 Å². The third-order valence-corrected chi connectivity index (χ3v) is 1.64. The molecule has 0 spiro atoms. The molecule has 5 nitrogen and oxygen atoms in total. The average molecular weight is 205 g/mol. The third kappa shape index (κ3) is 2.80. The Labute approximate surface area is 102 Å². The SMILES string of the molecule is Cc1cc(C(=O)O)ccc1[N+](=O)[O-].[NaH].